The smallest absolute Gasteiger partial charge is 0.273 e. The van der Waals surface area contributed by atoms with Gasteiger partial charge in [0.05, 0.1) is 4.92 Å². The van der Waals surface area contributed by atoms with Crippen molar-refractivity contribution in [1.82, 2.24) is 9.62 Å². The fraction of sp³-hybridized carbons (Fsp3) is 0.353. The molecule has 0 aliphatic carbocycles. The summed E-state index contributed by atoms with van der Waals surface area (Å²) in [6, 6.07) is 7.43. The van der Waals surface area contributed by atoms with Crippen LogP contribution in [0.25, 0.3) is 0 Å². The lowest BCUT2D eigenvalue weighted by molar-refractivity contribution is -0.385. The lowest BCUT2D eigenvalue weighted by atomic mass is 10.0. The SMILES string of the molecule is Cc1ccc(C(=O)N2CCC(NS(=O)(=O)c3cccs3)CC2)cc1[N+](=O)[O-]. The average molecular weight is 409 g/mol. The molecule has 10 heteroatoms. The highest BCUT2D eigenvalue weighted by atomic mass is 32.2. The molecule has 3 rings (SSSR count). The van der Waals surface area contributed by atoms with E-state index in [9.17, 15) is 23.3 Å². The number of benzene rings is 1. The summed E-state index contributed by atoms with van der Waals surface area (Å²) in [5, 5.41) is 12.8. The van der Waals surface area contributed by atoms with E-state index < -0.39 is 14.9 Å². The molecule has 0 radical (unpaired) electrons. The Morgan fingerprint density at radius 1 is 1.30 bits per heavy atom. The molecule has 1 N–H and O–H groups in total. The third-order valence-corrected chi connectivity index (χ3v) is 7.43. The number of aryl methyl sites for hydroxylation is 1. The van der Waals surface area contributed by atoms with E-state index in [0.29, 0.717) is 31.5 Å². The fourth-order valence-electron chi connectivity index (χ4n) is 3.02. The van der Waals surface area contributed by atoms with Gasteiger partial charge in [0.25, 0.3) is 11.6 Å². The number of amides is 1. The number of sulfonamides is 1. The number of carbonyl (C=O) groups is 1. The Morgan fingerprint density at radius 2 is 2.00 bits per heavy atom. The average Bonchev–Trinajstić information content (AvgIpc) is 3.17. The highest BCUT2D eigenvalue weighted by Crippen LogP contribution is 2.23. The second-order valence-electron chi connectivity index (χ2n) is 6.38. The van der Waals surface area contributed by atoms with Crippen molar-refractivity contribution in [3.63, 3.8) is 0 Å². The topological polar surface area (TPSA) is 110 Å². The lowest BCUT2D eigenvalue weighted by Crippen LogP contribution is -2.46. The van der Waals surface area contributed by atoms with Crippen LogP contribution in [-0.2, 0) is 10.0 Å². The fourth-order valence-corrected chi connectivity index (χ4v) is 5.33. The third-order valence-electron chi connectivity index (χ3n) is 4.52. The molecule has 1 aliphatic heterocycles. The Balaban J connectivity index is 1.63. The minimum atomic E-state index is -3.54. The Hall–Kier alpha value is -2.30. The van der Waals surface area contributed by atoms with Crippen molar-refractivity contribution in [1.29, 1.82) is 0 Å². The molecule has 1 aliphatic rings. The lowest BCUT2D eigenvalue weighted by Gasteiger charge is -2.32. The molecule has 27 heavy (non-hydrogen) atoms. The van der Waals surface area contributed by atoms with Gasteiger partial charge in [-0.05, 0) is 37.3 Å². The van der Waals surface area contributed by atoms with Crippen molar-refractivity contribution in [3.05, 3.63) is 57.0 Å². The number of thiophene rings is 1. The second-order valence-corrected chi connectivity index (χ2v) is 9.27. The molecule has 1 aromatic carbocycles. The van der Waals surface area contributed by atoms with Crippen LogP contribution in [-0.4, -0.2) is 43.3 Å². The molecule has 0 atom stereocenters. The summed E-state index contributed by atoms with van der Waals surface area (Å²) in [6.07, 6.45) is 0.981. The van der Waals surface area contributed by atoms with E-state index in [4.69, 9.17) is 0 Å². The van der Waals surface area contributed by atoms with Gasteiger partial charge in [-0.3, -0.25) is 14.9 Å². The van der Waals surface area contributed by atoms with Crippen LogP contribution in [0.2, 0.25) is 0 Å². The normalized spacial score (nSPS) is 15.7. The van der Waals surface area contributed by atoms with Gasteiger partial charge in [-0.2, -0.15) is 0 Å². The van der Waals surface area contributed by atoms with Gasteiger partial charge in [-0.15, -0.1) is 11.3 Å². The number of hydrogen-bond donors (Lipinski definition) is 1. The first-order valence-corrected chi connectivity index (χ1v) is 10.7. The molecule has 1 amide bonds. The molecule has 8 nitrogen and oxygen atoms in total. The third kappa shape index (κ3) is 4.34. The van der Waals surface area contributed by atoms with Crippen LogP contribution in [0.5, 0.6) is 0 Å². The van der Waals surface area contributed by atoms with Crippen LogP contribution in [0.15, 0.2) is 39.9 Å². The number of hydrogen-bond acceptors (Lipinski definition) is 6. The molecule has 1 aromatic heterocycles. The molecule has 2 aromatic rings. The largest absolute Gasteiger partial charge is 0.339 e. The van der Waals surface area contributed by atoms with E-state index in [1.54, 1.807) is 41.5 Å². The molecule has 0 spiro atoms. The van der Waals surface area contributed by atoms with E-state index in [1.807, 2.05) is 0 Å². The monoisotopic (exact) mass is 409 g/mol. The molecule has 1 saturated heterocycles. The molecular weight excluding hydrogens is 390 g/mol. The van der Waals surface area contributed by atoms with Gasteiger partial charge in [-0.25, -0.2) is 13.1 Å². The first-order chi connectivity index (χ1) is 12.8. The van der Waals surface area contributed by atoms with Gasteiger partial charge in [0, 0.05) is 36.3 Å². The summed E-state index contributed by atoms with van der Waals surface area (Å²) in [4.78, 5) is 24.8. The van der Waals surface area contributed by atoms with Gasteiger partial charge in [0.1, 0.15) is 4.21 Å². The molecule has 144 valence electrons. The zero-order valence-corrected chi connectivity index (χ0v) is 16.3. The standard InChI is InChI=1S/C17H19N3O5S2/c1-12-4-5-13(11-15(12)20(22)23)17(21)19-8-6-14(7-9-19)18-27(24,25)16-3-2-10-26-16/h2-5,10-11,14,18H,6-9H2,1H3. The van der Waals surface area contributed by atoms with Crippen LogP contribution >= 0.6 is 11.3 Å². The van der Waals surface area contributed by atoms with Crippen molar-refractivity contribution in [2.45, 2.75) is 30.0 Å². The van der Waals surface area contributed by atoms with E-state index in [-0.39, 0.29) is 27.4 Å². The number of nitrogens with zero attached hydrogens (tertiary/aromatic N) is 2. The van der Waals surface area contributed by atoms with E-state index in [0.717, 1.165) is 11.3 Å². The minimum Gasteiger partial charge on any atom is -0.339 e. The van der Waals surface area contributed by atoms with Gasteiger partial charge >= 0.3 is 0 Å². The molecular formula is C17H19N3O5S2. The maximum atomic E-state index is 12.6. The number of likely N-dealkylation sites (tertiary alicyclic amines) is 1. The van der Waals surface area contributed by atoms with Crippen LogP contribution < -0.4 is 4.72 Å². The summed E-state index contributed by atoms with van der Waals surface area (Å²) < 4.78 is 27.5. The van der Waals surface area contributed by atoms with Crippen LogP contribution in [0.3, 0.4) is 0 Å². The first-order valence-electron chi connectivity index (χ1n) is 8.38. The zero-order chi connectivity index (χ0) is 19.6. The minimum absolute atomic E-state index is 0.0838. The second kappa shape index (κ2) is 7.75. The van der Waals surface area contributed by atoms with Crippen molar-refractivity contribution in [2.24, 2.45) is 0 Å². The summed E-state index contributed by atoms with van der Waals surface area (Å²) in [7, 11) is -3.54. The van der Waals surface area contributed by atoms with Gasteiger partial charge in [0.2, 0.25) is 10.0 Å². The molecule has 0 unspecified atom stereocenters. The predicted molar refractivity (Wildman–Crippen MR) is 101 cm³/mol. The quantitative estimate of drug-likeness (QED) is 0.603. The highest BCUT2D eigenvalue weighted by Gasteiger charge is 2.28. The molecule has 2 heterocycles. The van der Waals surface area contributed by atoms with E-state index in [2.05, 4.69) is 4.72 Å². The maximum absolute atomic E-state index is 12.6. The maximum Gasteiger partial charge on any atom is 0.273 e. The molecule has 1 fully saturated rings. The Bertz CT molecular complexity index is 949. The summed E-state index contributed by atoms with van der Waals surface area (Å²) in [5.74, 6) is -0.280. The Morgan fingerprint density at radius 3 is 2.59 bits per heavy atom. The molecule has 0 bridgehead atoms. The number of nitro benzene ring substituents is 1. The Labute approximate surface area is 161 Å². The highest BCUT2D eigenvalue weighted by molar-refractivity contribution is 7.91. The number of nitrogens with one attached hydrogen (secondary N) is 1. The Kier molecular flexibility index (Phi) is 5.59. The first kappa shape index (κ1) is 19.5. The van der Waals surface area contributed by atoms with Gasteiger partial charge < -0.3 is 4.90 Å². The van der Waals surface area contributed by atoms with Crippen LogP contribution in [0.4, 0.5) is 5.69 Å². The van der Waals surface area contributed by atoms with Crippen LogP contribution in [0, 0.1) is 17.0 Å². The van der Waals surface area contributed by atoms with Gasteiger partial charge in [0.15, 0.2) is 0 Å². The predicted octanol–water partition coefficient (Wildman–Crippen LogP) is 2.55. The van der Waals surface area contributed by atoms with E-state index in [1.165, 1.54) is 6.07 Å². The van der Waals surface area contributed by atoms with Crippen molar-refractivity contribution in [3.8, 4) is 0 Å². The summed E-state index contributed by atoms with van der Waals surface area (Å²) in [5.41, 5.74) is 0.683. The van der Waals surface area contributed by atoms with Crippen molar-refractivity contribution >= 4 is 33.0 Å². The van der Waals surface area contributed by atoms with Crippen molar-refractivity contribution < 1.29 is 18.1 Å². The van der Waals surface area contributed by atoms with Crippen LogP contribution in [0.1, 0.15) is 28.8 Å². The van der Waals surface area contributed by atoms with Gasteiger partial charge in [-0.1, -0.05) is 12.1 Å². The van der Waals surface area contributed by atoms with E-state index >= 15 is 0 Å². The number of nitro groups is 1. The summed E-state index contributed by atoms with van der Waals surface area (Å²) in [6.45, 7) is 2.40. The summed E-state index contributed by atoms with van der Waals surface area (Å²) >= 11 is 1.16. The number of piperidine rings is 1. The van der Waals surface area contributed by atoms with Crippen molar-refractivity contribution in [2.75, 3.05) is 13.1 Å². The number of carbonyl (C=O) groups excluding carboxylic acids is 1. The number of rotatable bonds is 5. The molecule has 0 saturated carbocycles. The zero-order valence-electron chi connectivity index (χ0n) is 14.6.